The molecule has 0 bridgehead atoms. The lowest BCUT2D eigenvalue weighted by atomic mass is 9.89. The van der Waals surface area contributed by atoms with E-state index in [1.54, 1.807) is 0 Å². The van der Waals surface area contributed by atoms with Gasteiger partial charge < -0.3 is 10.1 Å². The Hall–Kier alpha value is -0.120. The van der Waals surface area contributed by atoms with Gasteiger partial charge in [-0.3, -0.25) is 4.90 Å². The summed E-state index contributed by atoms with van der Waals surface area (Å²) in [6.07, 6.45) is 4.05. The van der Waals surface area contributed by atoms with Crippen LogP contribution in [0.15, 0.2) is 0 Å². The van der Waals surface area contributed by atoms with Crippen LogP contribution in [-0.2, 0) is 4.74 Å². The van der Waals surface area contributed by atoms with Crippen molar-refractivity contribution in [3.8, 4) is 0 Å². The van der Waals surface area contributed by atoms with Crippen LogP contribution in [-0.4, -0.2) is 48.8 Å². The minimum Gasteiger partial charge on any atom is -0.380 e. The molecule has 0 amide bonds. The molecule has 106 valence electrons. The molecule has 3 atom stereocenters. The van der Waals surface area contributed by atoms with Crippen molar-refractivity contribution < 1.29 is 4.74 Å². The molecule has 3 unspecified atom stereocenters. The lowest BCUT2D eigenvalue weighted by Gasteiger charge is -2.49. The summed E-state index contributed by atoms with van der Waals surface area (Å²) in [6.45, 7) is 13.1. The van der Waals surface area contributed by atoms with Gasteiger partial charge in [0.15, 0.2) is 0 Å². The Kier molecular flexibility index (Phi) is 4.68. The summed E-state index contributed by atoms with van der Waals surface area (Å²) in [7, 11) is 0. The van der Waals surface area contributed by atoms with Crippen molar-refractivity contribution in [3.63, 3.8) is 0 Å². The van der Waals surface area contributed by atoms with E-state index < -0.39 is 0 Å². The molecular formula is C15H30N2O. The van der Waals surface area contributed by atoms with Crippen LogP contribution in [0.25, 0.3) is 0 Å². The highest BCUT2D eigenvalue weighted by atomic mass is 16.5. The van der Waals surface area contributed by atoms with Crippen LogP contribution in [0.3, 0.4) is 0 Å². The quantitative estimate of drug-likeness (QED) is 0.787. The molecule has 2 fully saturated rings. The zero-order valence-corrected chi connectivity index (χ0v) is 12.5. The molecule has 0 spiro atoms. The van der Waals surface area contributed by atoms with Crippen LogP contribution < -0.4 is 5.32 Å². The smallest absolute Gasteiger partial charge is 0.0619 e. The van der Waals surface area contributed by atoms with Crippen LogP contribution >= 0.6 is 0 Å². The maximum Gasteiger partial charge on any atom is 0.0619 e. The molecule has 0 aromatic carbocycles. The Bertz CT molecular complexity index is 267. The van der Waals surface area contributed by atoms with E-state index in [0.29, 0.717) is 17.6 Å². The van der Waals surface area contributed by atoms with Gasteiger partial charge in [0.1, 0.15) is 0 Å². The van der Waals surface area contributed by atoms with Gasteiger partial charge in [0.2, 0.25) is 0 Å². The average Bonchev–Trinajstić information content (AvgIpc) is 3.20. The van der Waals surface area contributed by atoms with Gasteiger partial charge >= 0.3 is 0 Å². The Morgan fingerprint density at radius 3 is 2.67 bits per heavy atom. The van der Waals surface area contributed by atoms with Crippen molar-refractivity contribution in [3.05, 3.63) is 0 Å². The zero-order valence-electron chi connectivity index (χ0n) is 12.5. The fourth-order valence-corrected chi connectivity index (χ4v) is 3.31. The first-order valence-electron chi connectivity index (χ1n) is 7.69. The van der Waals surface area contributed by atoms with E-state index >= 15 is 0 Å². The first kappa shape index (κ1) is 14.3. The number of rotatable bonds is 6. The fraction of sp³-hybridized carbons (Fsp3) is 1.00. The molecule has 18 heavy (non-hydrogen) atoms. The summed E-state index contributed by atoms with van der Waals surface area (Å²) in [5.41, 5.74) is 0.339. The Morgan fingerprint density at radius 1 is 1.39 bits per heavy atom. The van der Waals surface area contributed by atoms with Crippen molar-refractivity contribution in [2.45, 2.75) is 64.6 Å². The number of ether oxygens (including phenoxy) is 1. The van der Waals surface area contributed by atoms with Gasteiger partial charge in [-0.25, -0.2) is 0 Å². The third-order valence-electron chi connectivity index (χ3n) is 4.80. The normalized spacial score (nSPS) is 35.7. The van der Waals surface area contributed by atoms with E-state index in [2.05, 4.69) is 37.9 Å². The number of hydrogen-bond acceptors (Lipinski definition) is 3. The third-order valence-corrected chi connectivity index (χ3v) is 4.80. The van der Waals surface area contributed by atoms with Crippen molar-refractivity contribution in [2.75, 3.05) is 26.3 Å². The fourth-order valence-electron chi connectivity index (χ4n) is 3.31. The largest absolute Gasteiger partial charge is 0.380 e. The molecule has 2 rings (SSSR count). The summed E-state index contributed by atoms with van der Waals surface area (Å²) < 4.78 is 5.62. The van der Waals surface area contributed by atoms with E-state index in [-0.39, 0.29) is 0 Å². The maximum absolute atomic E-state index is 5.62. The summed E-state index contributed by atoms with van der Waals surface area (Å²) in [5.74, 6) is 0.900. The van der Waals surface area contributed by atoms with Gasteiger partial charge in [-0.05, 0) is 46.0 Å². The number of nitrogens with zero attached hydrogens (tertiary/aromatic N) is 1. The van der Waals surface area contributed by atoms with E-state index in [9.17, 15) is 0 Å². The summed E-state index contributed by atoms with van der Waals surface area (Å²) in [4.78, 5) is 2.68. The van der Waals surface area contributed by atoms with E-state index in [1.165, 1.54) is 25.8 Å². The second-order valence-electron chi connectivity index (χ2n) is 6.32. The number of hydrogen-bond donors (Lipinski definition) is 1. The lowest BCUT2D eigenvalue weighted by Crippen LogP contribution is -2.66. The highest BCUT2D eigenvalue weighted by molar-refractivity contribution is 5.04. The van der Waals surface area contributed by atoms with Gasteiger partial charge in [0.05, 0.1) is 6.61 Å². The molecule has 1 heterocycles. The summed E-state index contributed by atoms with van der Waals surface area (Å²) in [5, 5.41) is 3.82. The molecular weight excluding hydrogens is 224 g/mol. The second kappa shape index (κ2) is 5.89. The van der Waals surface area contributed by atoms with Crippen LogP contribution in [0.2, 0.25) is 0 Å². The molecule has 0 aromatic rings. The lowest BCUT2D eigenvalue weighted by molar-refractivity contribution is 0.00317. The van der Waals surface area contributed by atoms with Crippen LogP contribution in [0.4, 0.5) is 0 Å². The van der Waals surface area contributed by atoms with E-state index in [0.717, 1.165) is 25.7 Å². The standard InChI is InChI=1S/C15H30N2O/c1-5-14-9-16-15(4,13-7-8-13)11-17(14)12(3)10-18-6-2/h12-14,16H,5-11H2,1-4H3. The van der Waals surface area contributed by atoms with Gasteiger partial charge in [-0.2, -0.15) is 0 Å². The van der Waals surface area contributed by atoms with Gasteiger partial charge in [-0.1, -0.05) is 6.92 Å². The summed E-state index contributed by atoms with van der Waals surface area (Å²) in [6, 6.07) is 1.21. The molecule has 2 aliphatic rings. The molecule has 1 saturated carbocycles. The third kappa shape index (κ3) is 3.06. The van der Waals surface area contributed by atoms with Crippen LogP contribution in [0.5, 0.6) is 0 Å². The molecule has 1 saturated heterocycles. The predicted molar refractivity (Wildman–Crippen MR) is 75.9 cm³/mol. The Labute approximate surface area is 112 Å². The molecule has 1 N–H and O–H groups in total. The molecule has 0 radical (unpaired) electrons. The topological polar surface area (TPSA) is 24.5 Å². The number of piperazine rings is 1. The number of nitrogens with one attached hydrogen (secondary N) is 1. The molecule has 3 heteroatoms. The average molecular weight is 254 g/mol. The molecule has 0 aromatic heterocycles. The van der Waals surface area contributed by atoms with E-state index in [1.807, 2.05) is 0 Å². The van der Waals surface area contributed by atoms with Crippen molar-refractivity contribution >= 4 is 0 Å². The van der Waals surface area contributed by atoms with Crippen LogP contribution in [0, 0.1) is 5.92 Å². The Balaban J connectivity index is 1.98. The zero-order chi connectivity index (χ0) is 13.2. The highest BCUT2D eigenvalue weighted by Crippen LogP contribution is 2.41. The van der Waals surface area contributed by atoms with Crippen molar-refractivity contribution in [1.82, 2.24) is 10.2 Å². The van der Waals surface area contributed by atoms with Crippen molar-refractivity contribution in [1.29, 1.82) is 0 Å². The maximum atomic E-state index is 5.62. The van der Waals surface area contributed by atoms with Crippen molar-refractivity contribution in [2.24, 2.45) is 5.92 Å². The Morgan fingerprint density at radius 2 is 2.11 bits per heavy atom. The molecule has 3 nitrogen and oxygen atoms in total. The first-order chi connectivity index (χ1) is 8.60. The minimum atomic E-state index is 0.339. The summed E-state index contributed by atoms with van der Waals surface area (Å²) >= 11 is 0. The van der Waals surface area contributed by atoms with Gasteiger partial charge in [0.25, 0.3) is 0 Å². The monoisotopic (exact) mass is 254 g/mol. The van der Waals surface area contributed by atoms with E-state index in [4.69, 9.17) is 4.74 Å². The van der Waals surface area contributed by atoms with Gasteiger partial charge in [0, 0.05) is 37.3 Å². The minimum absolute atomic E-state index is 0.339. The first-order valence-corrected chi connectivity index (χ1v) is 7.69. The SMILES string of the molecule is CCOCC(C)N1CC(C)(C2CC2)NCC1CC. The van der Waals surface area contributed by atoms with Crippen LogP contribution in [0.1, 0.15) is 47.0 Å². The predicted octanol–water partition coefficient (Wildman–Crippen LogP) is 2.26. The molecule has 1 aliphatic heterocycles. The second-order valence-corrected chi connectivity index (χ2v) is 6.32. The molecule has 1 aliphatic carbocycles. The highest BCUT2D eigenvalue weighted by Gasteiger charge is 2.46. The van der Waals surface area contributed by atoms with Gasteiger partial charge in [-0.15, -0.1) is 0 Å².